The van der Waals surface area contributed by atoms with Crippen molar-refractivity contribution in [3.8, 4) is 5.88 Å². The Balaban J connectivity index is 1.96. The molecule has 1 aromatic carbocycles. The minimum Gasteiger partial charge on any atom is -0.444 e. The van der Waals surface area contributed by atoms with Crippen molar-refractivity contribution >= 4 is 29.0 Å². The molecule has 1 atom stereocenters. The first-order valence-electron chi connectivity index (χ1n) is 9.07. The fraction of sp³-hybridized carbons (Fsp3) is 0.300. The number of halogens is 1. The Morgan fingerprint density at radius 1 is 1.07 bits per heavy atom. The van der Waals surface area contributed by atoms with Crippen molar-refractivity contribution in [2.45, 2.75) is 32.1 Å². The molecule has 8 nitrogen and oxygen atoms in total. The summed E-state index contributed by atoms with van der Waals surface area (Å²) in [5.41, 5.74) is -2.87. The van der Waals surface area contributed by atoms with Gasteiger partial charge in [0, 0.05) is 29.1 Å². The van der Waals surface area contributed by atoms with Gasteiger partial charge in [0.05, 0.1) is 5.57 Å². The van der Waals surface area contributed by atoms with E-state index >= 15 is 0 Å². The van der Waals surface area contributed by atoms with Crippen LogP contribution >= 0.6 is 11.6 Å². The molecule has 1 aromatic heterocycles. The fourth-order valence-corrected chi connectivity index (χ4v) is 4.84. The number of ether oxygens (including phenoxy) is 1. The normalized spacial score (nSPS) is 24.0. The van der Waals surface area contributed by atoms with Crippen molar-refractivity contribution in [2.75, 3.05) is 5.32 Å². The van der Waals surface area contributed by atoms with Gasteiger partial charge in [-0.3, -0.25) is 24.4 Å². The molecule has 9 heteroatoms. The summed E-state index contributed by atoms with van der Waals surface area (Å²) in [5, 5.41) is 3.10. The Morgan fingerprint density at radius 3 is 2.59 bits per heavy atom. The van der Waals surface area contributed by atoms with Crippen LogP contribution < -0.4 is 21.3 Å². The Kier molecular flexibility index (Phi) is 3.39. The Bertz CT molecular complexity index is 1290. The lowest BCUT2D eigenvalue weighted by atomic mass is 9.62. The van der Waals surface area contributed by atoms with Crippen LogP contribution in [0.1, 0.15) is 37.8 Å². The number of hydrogen-bond donors (Lipinski definition) is 3. The third-order valence-electron chi connectivity index (χ3n) is 5.69. The van der Waals surface area contributed by atoms with Crippen LogP contribution in [0.15, 0.2) is 39.1 Å². The SMILES string of the molecule is CC1(C)CC(=O)C2=C(C1)Oc1[nH]c(=O)[nH]c(=O)c1C21C(=O)Nc2ccc(Cl)cc21. The maximum atomic E-state index is 13.4. The molecule has 3 aliphatic rings. The third-order valence-corrected chi connectivity index (χ3v) is 5.93. The van der Waals surface area contributed by atoms with Crippen molar-refractivity contribution in [2.24, 2.45) is 5.41 Å². The van der Waals surface area contributed by atoms with Crippen LogP contribution in [0, 0.1) is 5.41 Å². The van der Waals surface area contributed by atoms with E-state index in [2.05, 4.69) is 15.3 Å². The average Bonchev–Trinajstić information content (AvgIpc) is 2.85. The van der Waals surface area contributed by atoms with E-state index in [9.17, 15) is 19.2 Å². The molecule has 3 heterocycles. The van der Waals surface area contributed by atoms with Gasteiger partial charge in [-0.15, -0.1) is 0 Å². The highest BCUT2D eigenvalue weighted by molar-refractivity contribution is 6.31. The number of nitrogens with one attached hydrogen (secondary N) is 3. The topological polar surface area (TPSA) is 121 Å². The van der Waals surface area contributed by atoms with Gasteiger partial charge >= 0.3 is 5.69 Å². The van der Waals surface area contributed by atoms with Gasteiger partial charge in [0.25, 0.3) is 5.56 Å². The first kappa shape index (κ1) is 17.9. The molecule has 2 aromatic rings. The van der Waals surface area contributed by atoms with E-state index in [-0.39, 0.29) is 35.0 Å². The number of benzene rings is 1. The number of Topliss-reactive ketones (excluding diaryl/α,β-unsaturated/α-hetero) is 1. The summed E-state index contributed by atoms with van der Waals surface area (Å²) in [6, 6.07) is 4.79. The summed E-state index contributed by atoms with van der Waals surface area (Å²) in [6.45, 7) is 3.83. The number of carbonyl (C=O) groups is 2. The molecule has 1 unspecified atom stereocenters. The van der Waals surface area contributed by atoms with Crippen molar-refractivity contribution < 1.29 is 14.3 Å². The van der Waals surface area contributed by atoms with Gasteiger partial charge in [-0.05, 0) is 23.6 Å². The maximum absolute atomic E-state index is 13.4. The molecule has 5 rings (SSSR count). The first-order valence-corrected chi connectivity index (χ1v) is 9.44. The lowest BCUT2D eigenvalue weighted by Crippen LogP contribution is -2.51. The molecular weight excluding hydrogens is 398 g/mol. The van der Waals surface area contributed by atoms with Crippen LogP contribution in [0.4, 0.5) is 5.69 Å². The summed E-state index contributed by atoms with van der Waals surface area (Å²) in [7, 11) is 0. The van der Waals surface area contributed by atoms with Crippen molar-refractivity contribution in [3.05, 3.63) is 66.5 Å². The van der Waals surface area contributed by atoms with Gasteiger partial charge in [0.2, 0.25) is 11.8 Å². The van der Waals surface area contributed by atoms with Crippen molar-refractivity contribution in [1.29, 1.82) is 0 Å². The Hall–Kier alpha value is -3.13. The van der Waals surface area contributed by atoms with Crippen molar-refractivity contribution in [1.82, 2.24) is 9.97 Å². The van der Waals surface area contributed by atoms with Crippen LogP contribution in [-0.2, 0) is 15.0 Å². The zero-order chi connectivity index (χ0) is 20.7. The number of carbonyl (C=O) groups excluding carboxylic acids is 2. The summed E-state index contributed by atoms with van der Waals surface area (Å²) in [5.74, 6) is -0.693. The van der Waals surface area contributed by atoms with Gasteiger partial charge in [0.15, 0.2) is 5.78 Å². The molecule has 3 N–H and O–H groups in total. The lowest BCUT2D eigenvalue weighted by molar-refractivity contribution is -0.124. The highest BCUT2D eigenvalue weighted by Gasteiger charge is 2.61. The number of fused-ring (bicyclic) bond motifs is 5. The van der Waals surface area contributed by atoms with Gasteiger partial charge < -0.3 is 10.1 Å². The monoisotopic (exact) mass is 413 g/mol. The molecule has 0 saturated heterocycles. The standard InChI is InChI=1S/C20H16ClN3O5/c1-19(2)6-11(25)13-12(7-19)29-16-14(15(26)23-18(28)24-16)20(13)9-5-8(21)3-4-10(9)22-17(20)27/h3-5H,6-7H2,1-2H3,(H,22,27)(H2,23,24,26,28). The Morgan fingerprint density at radius 2 is 1.83 bits per heavy atom. The molecule has 1 aliphatic carbocycles. The van der Waals surface area contributed by atoms with Gasteiger partial charge in [0.1, 0.15) is 16.7 Å². The quantitative estimate of drug-likeness (QED) is 0.609. The molecule has 1 amide bonds. The largest absolute Gasteiger partial charge is 0.444 e. The number of hydrogen-bond acceptors (Lipinski definition) is 5. The highest BCUT2D eigenvalue weighted by atomic mass is 35.5. The number of allylic oxidation sites excluding steroid dienone is 1. The second kappa shape index (κ2) is 5.48. The molecule has 148 valence electrons. The molecule has 2 aliphatic heterocycles. The van der Waals surface area contributed by atoms with E-state index < -0.39 is 28.0 Å². The Labute approximate surface area is 168 Å². The third kappa shape index (κ3) is 2.26. The number of amides is 1. The van der Waals surface area contributed by atoms with E-state index in [1.807, 2.05) is 13.8 Å². The summed E-state index contributed by atoms with van der Waals surface area (Å²) in [6.07, 6.45) is 0.560. The maximum Gasteiger partial charge on any atom is 0.328 e. The minimum absolute atomic E-state index is 0.123. The van der Waals surface area contributed by atoms with E-state index in [1.54, 1.807) is 18.2 Å². The average molecular weight is 414 g/mol. The van der Waals surface area contributed by atoms with Crippen molar-refractivity contribution in [3.63, 3.8) is 0 Å². The molecule has 0 radical (unpaired) electrons. The summed E-state index contributed by atoms with van der Waals surface area (Å²) >= 11 is 6.21. The molecule has 1 spiro atoms. The highest BCUT2D eigenvalue weighted by Crippen LogP contribution is 2.56. The lowest BCUT2D eigenvalue weighted by Gasteiger charge is -2.41. The predicted molar refractivity (Wildman–Crippen MR) is 104 cm³/mol. The predicted octanol–water partition coefficient (Wildman–Crippen LogP) is 1.99. The molecule has 29 heavy (non-hydrogen) atoms. The van der Waals surface area contributed by atoms with E-state index in [0.717, 1.165) is 0 Å². The van der Waals surface area contributed by atoms with Crippen LogP contribution in [0.25, 0.3) is 0 Å². The van der Waals surface area contributed by atoms with Gasteiger partial charge in [-0.1, -0.05) is 25.4 Å². The van der Waals surface area contributed by atoms with E-state index in [0.29, 0.717) is 22.7 Å². The summed E-state index contributed by atoms with van der Waals surface area (Å²) in [4.78, 5) is 56.2. The van der Waals surface area contributed by atoms with E-state index in [4.69, 9.17) is 16.3 Å². The number of anilines is 1. The van der Waals surface area contributed by atoms with Crippen LogP contribution in [0.3, 0.4) is 0 Å². The number of ketones is 1. The molecular formula is C20H16ClN3O5. The molecule has 0 saturated carbocycles. The summed E-state index contributed by atoms with van der Waals surface area (Å²) < 4.78 is 5.85. The molecule has 0 fully saturated rings. The second-order valence-electron chi connectivity index (χ2n) is 8.35. The van der Waals surface area contributed by atoms with E-state index in [1.165, 1.54) is 0 Å². The number of aromatic amines is 2. The second-order valence-corrected chi connectivity index (χ2v) is 8.78. The van der Waals surface area contributed by atoms with Gasteiger partial charge in [-0.2, -0.15) is 0 Å². The number of rotatable bonds is 0. The number of aromatic nitrogens is 2. The van der Waals surface area contributed by atoms with Gasteiger partial charge in [-0.25, -0.2) is 4.79 Å². The zero-order valence-corrected chi connectivity index (χ0v) is 16.3. The minimum atomic E-state index is -1.74. The first-order chi connectivity index (χ1) is 13.6. The zero-order valence-electron chi connectivity index (χ0n) is 15.6. The van der Waals surface area contributed by atoms with Crippen LogP contribution in [-0.4, -0.2) is 21.7 Å². The van der Waals surface area contributed by atoms with Crippen LogP contribution in [0.2, 0.25) is 5.02 Å². The number of H-pyrrole nitrogens is 2. The smallest absolute Gasteiger partial charge is 0.328 e. The fourth-order valence-electron chi connectivity index (χ4n) is 4.67. The molecule has 0 bridgehead atoms. The van der Waals surface area contributed by atoms with Crippen LogP contribution in [0.5, 0.6) is 5.88 Å².